The van der Waals surface area contributed by atoms with Gasteiger partial charge in [-0.2, -0.15) is 0 Å². The van der Waals surface area contributed by atoms with Crippen LogP contribution in [-0.2, 0) is 22.3 Å². The van der Waals surface area contributed by atoms with Crippen LogP contribution in [0.2, 0.25) is 5.02 Å². The zero-order valence-corrected chi connectivity index (χ0v) is 27.9. The van der Waals surface area contributed by atoms with Gasteiger partial charge in [0.15, 0.2) is 0 Å². The van der Waals surface area contributed by atoms with E-state index in [-0.39, 0.29) is 12.2 Å². The summed E-state index contributed by atoms with van der Waals surface area (Å²) in [7, 11) is 4.12. The fourth-order valence-electron chi connectivity index (χ4n) is 6.05. The number of hydrogen-bond donors (Lipinski definition) is 0. The number of hydrogen-bond acceptors (Lipinski definition) is 5. The van der Waals surface area contributed by atoms with Gasteiger partial charge in [-0.05, 0) is 92.7 Å². The Morgan fingerprint density at radius 2 is 1.52 bits per heavy atom. The molecule has 0 saturated carbocycles. The summed E-state index contributed by atoms with van der Waals surface area (Å²) in [5.74, 6) is 0. The van der Waals surface area contributed by atoms with E-state index < -0.39 is 0 Å². The highest BCUT2D eigenvalue weighted by Gasteiger charge is 2.27. The van der Waals surface area contributed by atoms with E-state index in [2.05, 4.69) is 85.7 Å². The van der Waals surface area contributed by atoms with Gasteiger partial charge in [0.25, 0.3) is 0 Å². The second-order valence-corrected chi connectivity index (χ2v) is 12.3. The summed E-state index contributed by atoms with van der Waals surface area (Å²) in [6, 6.07) is 31.1. The summed E-state index contributed by atoms with van der Waals surface area (Å²) >= 11 is 6.27. The molecular formula is C39H44ClN3O3. The van der Waals surface area contributed by atoms with Gasteiger partial charge < -0.3 is 19.3 Å². The predicted molar refractivity (Wildman–Crippen MR) is 186 cm³/mol. The number of likely N-dealkylation sites (N-methyl/N-ethyl adjacent to an activating group) is 1. The number of aromatic nitrogens is 1. The molecule has 0 bridgehead atoms. The molecule has 1 aliphatic carbocycles. The molecule has 1 aliphatic heterocycles. The minimum Gasteiger partial charge on any atom is -0.450 e. The summed E-state index contributed by atoms with van der Waals surface area (Å²) in [4.78, 5) is 20.7. The maximum absolute atomic E-state index is 12.0. The summed E-state index contributed by atoms with van der Waals surface area (Å²) in [5, 5.41) is 0.772. The van der Waals surface area contributed by atoms with E-state index in [1.165, 1.54) is 39.0 Å². The molecule has 4 aromatic rings. The second-order valence-electron chi connectivity index (χ2n) is 11.9. The molecule has 3 aromatic carbocycles. The lowest BCUT2D eigenvalue weighted by Crippen LogP contribution is -2.37. The van der Waals surface area contributed by atoms with E-state index in [1.807, 2.05) is 37.4 Å². The largest absolute Gasteiger partial charge is 0.450 e. The van der Waals surface area contributed by atoms with Crippen LogP contribution in [-0.4, -0.2) is 67.8 Å². The van der Waals surface area contributed by atoms with Crippen molar-refractivity contribution in [3.8, 4) is 0 Å². The summed E-state index contributed by atoms with van der Waals surface area (Å²) in [5.41, 5.74) is 9.87. The van der Waals surface area contributed by atoms with Crippen molar-refractivity contribution < 1.29 is 14.3 Å². The topological polar surface area (TPSA) is 54.9 Å². The number of pyridine rings is 1. The number of amides is 1. The average molecular weight is 638 g/mol. The van der Waals surface area contributed by atoms with Gasteiger partial charge in [0.1, 0.15) is 6.10 Å². The molecule has 1 aromatic heterocycles. The summed E-state index contributed by atoms with van der Waals surface area (Å²) in [6.07, 6.45) is 5.27. The molecule has 0 spiro atoms. The smallest absolute Gasteiger partial charge is 0.409 e. The van der Waals surface area contributed by atoms with Crippen molar-refractivity contribution >= 4 is 23.3 Å². The van der Waals surface area contributed by atoms with Gasteiger partial charge >= 0.3 is 6.09 Å². The number of halogens is 1. The lowest BCUT2D eigenvalue weighted by atomic mass is 9.88. The Morgan fingerprint density at radius 1 is 0.870 bits per heavy atom. The highest BCUT2D eigenvalue weighted by atomic mass is 35.5. The SMILES string of the molecule is CCOC(=O)N1CCC(=C2c3ccc(Cl)cc3CCc3cccnc32)CC1.CN(C)CCOC(c1ccccc1)c1ccccc1. The van der Waals surface area contributed by atoms with Crippen molar-refractivity contribution in [3.63, 3.8) is 0 Å². The van der Waals surface area contributed by atoms with Crippen LogP contribution in [0.4, 0.5) is 4.79 Å². The third-order valence-electron chi connectivity index (χ3n) is 8.40. The molecule has 240 valence electrons. The number of carbonyl (C=O) groups excluding carboxylic acids is 1. The number of carbonyl (C=O) groups is 1. The molecule has 7 heteroatoms. The minimum absolute atomic E-state index is 0.0161. The predicted octanol–water partition coefficient (Wildman–Crippen LogP) is 8.24. The molecule has 1 amide bonds. The lowest BCUT2D eigenvalue weighted by Gasteiger charge is -2.29. The minimum atomic E-state index is -0.215. The monoisotopic (exact) mass is 637 g/mol. The Labute approximate surface area is 278 Å². The van der Waals surface area contributed by atoms with Crippen LogP contribution in [0, 0.1) is 0 Å². The fourth-order valence-corrected chi connectivity index (χ4v) is 6.25. The van der Waals surface area contributed by atoms with Crippen LogP contribution in [0.5, 0.6) is 0 Å². The van der Waals surface area contributed by atoms with E-state index in [4.69, 9.17) is 26.1 Å². The van der Waals surface area contributed by atoms with Gasteiger partial charge in [0.2, 0.25) is 0 Å². The standard InChI is InChI=1S/C22H23ClN2O2.C17H21NO/c1-2-27-22(26)25-12-9-15(10-13-25)20-19-8-7-18(23)14-17(19)6-5-16-4-3-11-24-21(16)20;1-18(2)13-14-19-17(15-9-5-3-6-10-15)16-11-7-4-8-12-16/h3-4,7-8,11,14H,2,5-6,9-10,12-13H2,1H3;3-12,17H,13-14H2,1-2H3. The number of likely N-dealkylation sites (tertiary alicyclic amines) is 1. The zero-order chi connectivity index (χ0) is 32.3. The first-order chi connectivity index (χ1) is 22.4. The quantitative estimate of drug-likeness (QED) is 0.204. The molecule has 0 unspecified atom stereocenters. The van der Waals surface area contributed by atoms with E-state index in [0.717, 1.165) is 49.6 Å². The van der Waals surface area contributed by atoms with E-state index >= 15 is 0 Å². The molecular weight excluding hydrogens is 594 g/mol. The number of fused-ring (bicyclic) bond motifs is 2. The molecule has 2 heterocycles. The Kier molecular flexibility index (Phi) is 12.0. The number of ether oxygens (including phenoxy) is 2. The number of nitrogens with zero attached hydrogens (tertiary/aromatic N) is 3. The van der Waals surface area contributed by atoms with Gasteiger partial charge in [-0.1, -0.05) is 90.0 Å². The molecule has 2 aliphatic rings. The van der Waals surface area contributed by atoms with Crippen LogP contribution in [0.25, 0.3) is 5.57 Å². The van der Waals surface area contributed by atoms with Crippen LogP contribution >= 0.6 is 11.6 Å². The van der Waals surface area contributed by atoms with Crippen molar-refractivity contribution in [2.45, 2.75) is 38.7 Å². The van der Waals surface area contributed by atoms with Crippen molar-refractivity contribution in [3.05, 3.63) is 141 Å². The van der Waals surface area contributed by atoms with E-state index in [0.29, 0.717) is 19.7 Å². The van der Waals surface area contributed by atoms with Gasteiger partial charge in [0, 0.05) is 36.4 Å². The summed E-state index contributed by atoms with van der Waals surface area (Å²) in [6.45, 7) is 5.27. The van der Waals surface area contributed by atoms with Crippen LogP contribution in [0.15, 0.2) is 103 Å². The third kappa shape index (κ3) is 8.64. The Balaban J connectivity index is 0.000000193. The second kappa shape index (κ2) is 16.5. The zero-order valence-electron chi connectivity index (χ0n) is 27.1. The van der Waals surface area contributed by atoms with Crippen molar-refractivity contribution in [1.29, 1.82) is 0 Å². The first-order valence-corrected chi connectivity index (χ1v) is 16.6. The maximum Gasteiger partial charge on any atom is 0.409 e. The Hall–Kier alpha value is -3.97. The molecule has 1 fully saturated rings. The van der Waals surface area contributed by atoms with Crippen molar-refractivity contribution in [2.75, 3.05) is 46.9 Å². The van der Waals surface area contributed by atoms with E-state index in [1.54, 1.807) is 4.90 Å². The average Bonchev–Trinajstić information content (AvgIpc) is 3.24. The van der Waals surface area contributed by atoms with Gasteiger partial charge in [-0.15, -0.1) is 0 Å². The van der Waals surface area contributed by atoms with Gasteiger partial charge in [0.05, 0.1) is 18.9 Å². The number of aryl methyl sites for hydroxylation is 2. The number of piperidine rings is 1. The first kappa shape index (κ1) is 33.4. The highest BCUT2D eigenvalue weighted by molar-refractivity contribution is 6.30. The molecule has 1 saturated heterocycles. The number of benzene rings is 3. The molecule has 0 atom stereocenters. The molecule has 0 radical (unpaired) electrons. The maximum atomic E-state index is 12.0. The molecule has 0 N–H and O–H groups in total. The van der Waals surface area contributed by atoms with E-state index in [9.17, 15) is 4.79 Å². The van der Waals surface area contributed by atoms with Gasteiger partial charge in [-0.3, -0.25) is 4.98 Å². The molecule has 6 rings (SSSR count). The molecule has 6 nitrogen and oxygen atoms in total. The Bertz CT molecular complexity index is 1560. The lowest BCUT2D eigenvalue weighted by molar-refractivity contribution is 0.0687. The Morgan fingerprint density at radius 3 is 2.15 bits per heavy atom. The summed E-state index contributed by atoms with van der Waals surface area (Å²) < 4.78 is 11.2. The third-order valence-corrected chi connectivity index (χ3v) is 8.64. The van der Waals surface area contributed by atoms with Crippen LogP contribution in [0.1, 0.15) is 59.4 Å². The highest BCUT2D eigenvalue weighted by Crippen LogP contribution is 2.38. The van der Waals surface area contributed by atoms with Crippen molar-refractivity contribution in [1.82, 2.24) is 14.8 Å². The van der Waals surface area contributed by atoms with Gasteiger partial charge in [-0.25, -0.2) is 4.79 Å². The van der Waals surface area contributed by atoms with Crippen LogP contribution in [0.3, 0.4) is 0 Å². The number of rotatable bonds is 7. The molecule has 46 heavy (non-hydrogen) atoms. The first-order valence-electron chi connectivity index (χ1n) is 16.2. The normalized spacial score (nSPS) is 14.3. The van der Waals surface area contributed by atoms with Crippen LogP contribution < -0.4 is 0 Å². The van der Waals surface area contributed by atoms with Crippen molar-refractivity contribution in [2.24, 2.45) is 0 Å². The fraction of sp³-hybridized carbons (Fsp3) is 0.333.